The van der Waals surface area contributed by atoms with E-state index in [4.69, 9.17) is 5.41 Å². The van der Waals surface area contributed by atoms with Crippen LogP contribution in [0.1, 0.15) is 22.8 Å². The smallest absolute Gasteiger partial charge is 0.150 e. The van der Waals surface area contributed by atoms with E-state index in [0.717, 1.165) is 6.29 Å². The van der Waals surface area contributed by atoms with E-state index in [1.807, 2.05) is 6.07 Å². The van der Waals surface area contributed by atoms with Crippen LogP contribution in [0.5, 0.6) is 0 Å². The van der Waals surface area contributed by atoms with Crippen LogP contribution in [0, 0.1) is 5.41 Å². The molecule has 0 aliphatic carbocycles. The molecule has 0 bridgehead atoms. The van der Waals surface area contributed by atoms with Gasteiger partial charge < -0.3 is 5.41 Å². The van der Waals surface area contributed by atoms with E-state index in [9.17, 15) is 4.79 Å². The van der Waals surface area contributed by atoms with Crippen molar-refractivity contribution in [2.24, 2.45) is 0 Å². The van der Waals surface area contributed by atoms with Gasteiger partial charge in [-0.25, -0.2) is 0 Å². The summed E-state index contributed by atoms with van der Waals surface area (Å²) in [6.45, 7) is 1.67. The van der Waals surface area contributed by atoms with Crippen LogP contribution in [-0.4, -0.2) is 12.0 Å². The summed E-state index contributed by atoms with van der Waals surface area (Å²) in [5.74, 6) is 0. The topological polar surface area (TPSA) is 40.9 Å². The summed E-state index contributed by atoms with van der Waals surface area (Å²) in [6.07, 6.45) is 0.771. The largest absolute Gasteiger partial charge is 0.305 e. The molecule has 0 heterocycles. The monoisotopic (exact) mass is 147 g/mol. The molecule has 1 N–H and O–H groups in total. The lowest BCUT2D eigenvalue weighted by molar-refractivity contribution is 0.112. The van der Waals surface area contributed by atoms with Crippen molar-refractivity contribution in [1.82, 2.24) is 0 Å². The average Bonchev–Trinajstić information content (AvgIpc) is 2.04. The number of aldehydes is 1. The Bertz CT molecular complexity index is 291. The minimum Gasteiger partial charge on any atom is -0.305 e. The molecular weight excluding hydrogens is 138 g/mol. The van der Waals surface area contributed by atoms with Gasteiger partial charge in [-0.2, -0.15) is 0 Å². The van der Waals surface area contributed by atoms with Crippen LogP contribution in [0.2, 0.25) is 0 Å². The summed E-state index contributed by atoms with van der Waals surface area (Å²) in [5, 5.41) is 7.32. The van der Waals surface area contributed by atoms with Crippen LogP contribution in [0.25, 0.3) is 0 Å². The van der Waals surface area contributed by atoms with Gasteiger partial charge in [-0.1, -0.05) is 24.3 Å². The summed E-state index contributed by atoms with van der Waals surface area (Å²) < 4.78 is 0. The molecule has 0 spiro atoms. The van der Waals surface area contributed by atoms with E-state index in [0.29, 0.717) is 16.8 Å². The molecule has 1 rings (SSSR count). The number of rotatable bonds is 2. The molecule has 0 saturated carbocycles. The fourth-order valence-electron chi connectivity index (χ4n) is 0.941. The third-order valence-corrected chi connectivity index (χ3v) is 1.49. The molecule has 0 saturated heterocycles. The van der Waals surface area contributed by atoms with Crippen molar-refractivity contribution in [2.75, 3.05) is 0 Å². The molecule has 1 aromatic carbocycles. The fraction of sp³-hybridized carbons (Fsp3) is 0.111. The molecule has 0 amide bonds. The molecule has 2 heteroatoms. The lowest BCUT2D eigenvalue weighted by atomic mass is 10.1. The van der Waals surface area contributed by atoms with E-state index >= 15 is 0 Å². The molecule has 2 nitrogen and oxygen atoms in total. The first-order valence-electron chi connectivity index (χ1n) is 3.35. The highest BCUT2D eigenvalue weighted by Crippen LogP contribution is 2.05. The summed E-state index contributed by atoms with van der Waals surface area (Å²) in [6, 6.07) is 7.09. The van der Waals surface area contributed by atoms with Gasteiger partial charge in [-0.15, -0.1) is 0 Å². The molecule has 0 radical (unpaired) electrons. The maximum absolute atomic E-state index is 10.4. The Morgan fingerprint density at radius 2 is 2.09 bits per heavy atom. The molecule has 0 fully saturated rings. The zero-order valence-corrected chi connectivity index (χ0v) is 6.29. The SMILES string of the molecule is CC(=N)c1ccccc1C=O. The summed E-state index contributed by atoms with van der Waals surface area (Å²) in [5.41, 5.74) is 1.72. The van der Waals surface area contributed by atoms with Crippen LogP contribution in [0.15, 0.2) is 24.3 Å². The predicted octanol–water partition coefficient (Wildman–Crippen LogP) is 1.89. The average molecular weight is 147 g/mol. The number of carbonyl (C=O) groups excluding carboxylic acids is 1. The first-order chi connectivity index (χ1) is 5.25. The number of hydrogen-bond donors (Lipinski definition) is 1. The highest BCUT2D eigenvalue weighted by Gasteiger charge is 2.00. The van der Waals surface area contributed by atoms with Gasteiger partial charge in [0.1, 0.15) is 0 Å². The standard InChI is InChI=1S/C9H9NO/c1-7(10)9-5-3-2-4-8(9)6-11/h2-6,10H,1H3. The van der Waals surface area contributed by atoms with Crippen molar-refractivity contribution in [3.8, 4) is 0 Å². The summed E-state index contributed by atoms with van der Waals surface area (Å²) in [4.78, 5) is 10.4. The first kappa shape index (κ1) is 7.66. The van der Waals surface area contributed by atoms with Crippen LogP contribution in [0.4, 0.5) is 0 Å². The van der Waals surface area contributed by atoms with E-state index in [-0.39, 0.29) is 0 Å². The second-order valence-electron chi connectivity index (χ2n) is 2.33. The van der Waals surface area contributed by atoms with Crippen LogP contribution in [-0.2, 0) is 0 Å². The number of benzene rings is 1. The van der Waals surface area contributed by atoms with Gasteiger partial charge in [0.25, 0.3) is 0 Å². The maximum atomic E-state index is 10.4. The summed E-state index contributed by atoms with van der Waals surface area (Å²) in [7, 11) is 0. The van der Waals surface area contributed by atoms with Gasteiger partial charge in [0.2, 0.25) is 0 Å². The maximum Gasteiger partial charge on any atom is 0.150 e. The van der Waals surface area contributed by atoms with Crippen LogP contribution >= 0.6 is 0 Å². The lowest BCUT2D eigenvalue weighted by Crippen LogP contribution is -1.97. The van der Waals surface area contributed by atoms with Gasteiger partial charge in [0.15, 0.2) is 6.29 Å². The molecule has 0 unspecified atom stereocenters. The van der Waals surface area contributed by atoms with Crippen molar-refractivity contribution < 1.29 is 4.79 Å². The van der Waals surface area contributed by atoms with Crippen LogP contribution in [0.3, 0.4) is 0 Å². The zero-order chi connectivity index (χ0) is 8.27. The van der Waals surface area contributed by atoms with Gasteiger partial charge in [0.05, 0.1) is 0 Å². The molecule has 56 valence electrons. The van der Waals surface area contributed by atoms with Crippen LogP contribution < -0.4 is 0 Å². The Hall–Kier alpha value is -1.44. The van der Waals surface area contributed by atoms with Crippen molar-refractivity contribution in [1.29, 1.82) is 5.41 Å². The fourth-order valence-corrected chi connectivity index (χ4v) is 0.941. The summed E-state index contributed by atoms with van der Waals surface area (Å²) >= 11 is 0. The van der Waals surface area contributed by atoms with Gasteiger partial charge in [-0.3, -0.25) is 4.79 Å². The van der Waals surface area contributed by atoms with E-state index in [2.05, 4.69) is 0 Å². The molecule has 0 aromatic heterocycles. The molecule has 11 heavy (non-hydrogen) atoms. The Labute approximate surface area is 65.4 Å². The first-order valence-corrected chi connectivity index (χ1v) is 3.35. The van der Waals surface area contributed by atoms with E-state index in [1.165, 1.54) is 0 Å². The van der Waals surface area contributed by atoms with Crippen molar-refractivity contribution in [2.45, 2.75) is 6.92 Å². The third-order valence-electron chi connectivity index (χ3n) is 1.49. The van der Waals surface area contributed by atoms with Crippen molar-refractivity contribution in [3.05, 3.63) is 35.4 Å². The van der Waals surface area contributed by atoms with E-state index in [1.54, 1.807) is 25.1 Å². The van der Waals surface area contributed by atoms with Crippen molar-refractivity contribution >= 4 is 12.0 Å². The second kappa shape index (κ2) is 3.10. The molecular formula is C9H9NO. The zero-order valence-electron chi connectivity index (χ0n) is 6.29. The Morgan fingerprint density at radius 3 is 2.55 bits per heavy atom. The van der Waals surface area contributed by atoms with E-state index < -0.39 is 0 Å². The van der Waals surface area contributed by atoms with Gasteiger partial charge in [-0.05, 0) is 6.92 Å². The highest BCUT2D eigenvalue weighted by atomic mass is 16.1. The second-order valence-corrected chi connectivity index (χ2v) is 2.33. The van der Waals surface area contributed by atoms with Gasteiger partial charge in [0, 0.05) is 16.8 Å². The number of hydrogen-bond acceptors (Lipinski definition) is 2. The Balaban J connectivity index is 3.22. The predicted molar refractivity (Wildman–Crippen MR) is 44.3 cm³/mol. The minimum atomic E-state index is 0.424. The Morgan fingerprint density at radius 1 is 1.45 bits per heavy atom. The van der Waals surface area contributed by atoms with Gasteiger partial charge >= 0.3 is 0 Å². The van der Waals surface area contributed by atoms with Crippen molar-refractivity contribution in [3.63, 3.8) is 0 Å². The quantitative estimate of drug-likeness (QED) is 0.503. The molecule has 0 aliphatic rings. The Kier molecular flexibility index (Phi) is 2.16. The number of carbonyl (C=O) groups is 1. The number of nitrogens with one attached hydrogen (secondary N) is 1. The third kappa shape index (κ3) is 1.52. The minimum absolute atomic E-state index is 0.424. The molecule has 0 atom stereocenters. The lowest BCUT2D eigenvalue weighted by Gasteiger charge is -1.99. The molecule has 0 aliphatic heterocycles. The normalized spacial score (nSPS) is 9.18. The molecule has 1 aromatic rings. The highest BCUT2D eigenvalue weighted by molar-refractivity contribution is 6.02.